The van der Waals surface area contributed by atoms with Crippen LogP contribution in [0.25, 0.3) is 0 Å². The van der Waals surface area contributed by atoms with E-state index in [1.807, 2.05) is 0 Å². The van der Waals surface area contributed by atoms with Crippen molar-refractivity contribution in [2.75, 3.05) is 22.1 Å². The minimum atomic E-state index is -2.96. The third-order valence-electron chi connectivity index (χ3n) is 3.54. The van der Waals surface area contributed by atoms with Crippen molar-refractivity contribution < 1.29 is 12.8 Å². The van der Waals surface area contributed by atoms with Crippen molar-refractivity contribution in [3.8, 4) is 0 Å². The molecule has 2 N–H and O–H groups in total. The Morgan fingerprint density at radius 1 is 1.30 bits per heavy atom. The summed E-state index contributed by atoms with van der Waals surface area (Å²) in [6.45, 7) is 0.232. The number of benzene rings is 1. The molecular formula is C14H16FN5O2S. The number of nitrogens with one attached hydrogen (secondary N) is 2. The molecule has 1 saturated heterocycles. The third kappa shape index (κ3) is 4.13. The largest absolute Gasteiger partial charge is 0.365 e. The number of rotatable bonds is 5. The number of nitrogens with zero attached hydrogens (tertiary/aromatic N) is 3. The Hall–Kier alpha value is -2.29. The molecule has 0 spiro atoms. The molecule has 1 aromatic carbocycles. The zero-order valence-electron chi connectivity index (χ0n) is 12.2. The molecule has 0 aliphatic carbocycles. The molecule has 122 valence electrons. The van der Waals surface area contributed by atoms with Gasteiger partial charge in [0.2, 0.25) is 5.95 Å². The standard InChI is InChI=1S/C14H16FN5O2S/c15-12-4-2-1-3-10(12)7-16-14-19-13(8-17-20-14)18-11-5-6-23(21,22)9-11/h1-4,8,11H,5-7,9H2,(H2,16,18,19,20). The summed E-state index contributed by atoms with van der Waals surface area (Å²) in [4.78, 5) is 4.22. The highest BCUT2D eigenvalue weighted by Gasteiger charge is 2.28. The molecule has 0 saturated carbocycles. The van der Waals surface area contributed by atoms with Gasteiger partial charge in [0.05, 0.1) is 17.7 Å². The Kier molecular flexibility index (Phi) is 4.37. The summed E-state index contributed by atoms with van der Waals surface area (Å²) in [5.74, 6) is 0.659. The Bertz CT molecular complexity index is 799. The van der Waals surface area contributed by atoms with Crippen molar-refractivity contribution in [2.24, 2.45) is 0 Å². The van der Waals surface area contributed by atoms with E-state index < -0.39 is 9.84 Å². The molecule has 1 aromatic heterocycles. The lowest BCUT2D eigenvalue weighted by molar-refractivity contribution is 0.602. The summed E-state index contributed by atoms with van der Waals surface area (Å²) in [6, 6.07) is 6.25. The molecule has 1 atom stereocenters. The summed E-state index contributed by atoms with van der Waals surface area (Å²) in [5.41, 5.74) is 0.497. The van der Waals surface area contributed by atoms with Gasteiger partial charge in [-0.25, -0.2) is 12.8 Å². The first kappa shape index (κ1) is 15.6. The van der Waals surface area contributed by atoms with Gasteiger partial charge in [-0.15, -0.1) is 5.10 Å². The monoisotopic (exact) mass is 337 g/mol. The number of anilines is 2. The van der Waals surface area contributed by atoms with Crippen LogP contribution >= 0.6 is 0 Å². The van der Waals surface area contributed by atoms with Gasteiger partial charge in [-0.1, -0.05) is 18.2 Å². The zero-order chi connectivity index (χ0) is 16.3. The van der Waals surface area contributed by atoms with E-state index in [4.69, 9.17) is 0 Å². The summed E-state index contributed by atoms with van der Waals surface area (Å²) >= 11 is 0. The highest BCUT2D eigenvalue weighted by Crippen LogP contribution is 2.16. The third-order valence-corrected chi connectivity index (χ3v) is 5.31. The van der Waals surface area contributed by atoms with Crippen molar-refractivity contribution in [3.05, 3.63) is 41.8 Å². The highest BCUT2D eigenvalue weighted by molar-refractivity contribution is 7.91. The van der Waals surface area contributed by atoms with Gasteiger partial charge in [0.15, 0.2) is 15.7 Å². The zero-order valence-corrected chi connectivity index (χ0v) is 13.1. The van der Waals surface area contributed by atoms with Gasteiger partial charge in [-0.05, 0) is 12.5 Å². The van der Waals surface area contributed by atoms with Crippen molar-refractivity contribution >= 4 is 21.6 Å². The van der Waals surface area contributed by atoms with E-state index in [1.54, 1.807) is 18.2 Å². The van der Waals surface area contributed by atoms with E-state index in [9.17, 15) is 12.8 Å². The summed E-state index contributed by atoms with van der Waals surface area (Å²) in [5, 5.41) is 13.6. The van der Waals surface area contributed by atoms with Crippen LogP contribution in [0.5, 0.6) is 0 Å². The van der Waals surface area contributed by atoms with E-state index in [2.05, 4.69) is 25.8 Å². The minimum Gasteiger partial charge on any atom is -0.365 e. The lowest BCUT2D eigenvalue weighted by Gasteiger charge is -2.12. The van der Waals surface area contributed by atoms with Crippen LogP contribution in [0.3, 0.4) is 0 Å². The van der Waals surface area contributed by atoms with Crippen LogP contribution in [0, 0.1) is 5.82 Å². The average molecular weight is 337 g/mol. The number of halogens is 1. The molecule has 2 heterocycles. The van der Waals surface area contributed by atoms with E-state index in [1.165, 1.54) is 12.3 Å². The van der Waals surface area contributed by atoms with Crippen molar-refractivity contribution in [2.45, 2.75) is 19.0 Å². The quantitative estimate of drug-likeness (QED) is 0.847. The molecule has 3 rings (SSSR count). The van der Waals surface area contributed by atoms with E-state index in [-0.39, 0.29) is 35.9 Å². The molecule has 2 aromatic rings. The maximum atomic E-state index is 13.5. The van der Waals surface area contributed by atoms with Crippen LogP contribution in [-0.2, 0) is 16.4 Å². The fourth-order valence-corrected chi connectivity index (χ4v) is 4.06. The van der Waals surface area contributed by atoms with Crippen LogP contribution in [0.1, 0.15) is 12.0 Å². The molecule has 1 aliphatic heterocycles. The lowest BCUT2D eigenvalue weighted by atomic mass is 10.2. The Morgan fingerprint density at radius 3 is 2.87 bits per heavy atom. The number of sulfone groups is 1. The van der Waals surface area contributed by atoms with Crippen molar-refractivity contribution in [1.29, 1.82) is 0 Å². The molecule has 0 bridgehead atoms. The van der Waals surface area contributed by atoms with E-state index >= 15 is 0 Å². The summed E-state index contributed by atoms with van der Waals surface area (Å²) in [7, 11) is -2.96. The first-order valence-corrected chi connectivity index (χ1v) is 8.98. The summed E-state index contributed by atoms with van der Waals surface area (Å²) in [6.07, 6.45) is 1.98. The van der Waals surface area contributed by atoms with Gasteiger partial charge in [-0.2, -0.15) is 10.1 Å². The Labute approximate surface area is 133 Å². The van der Waals surface area contributed by atoms with Crippen molar-refractivity contribution in [1.82, 2.24) is 15.2 Å². The van der Waals surface area contributed by atoms with E-state index in [0.29, 0.717) is 17.8 Å². The second kappa shape index (κ2) is 6.45. The number of aromatic nitrogens is 3. The SMILES string of the molecule is O=S1(=O)CCC(Nc2cnnc(NCc3ccccc3F)n2)C1. The smallest absolute Gasteiger partial charge is 0.244 e. The van der Waals surface area contributed by atoms with Gasteiger partial charge < -0.3 is 10.6 Å². The average Bonchev–Trinajstić information content (AvgIpc) is 2.86. The lowest BCUT2D eigenvalue weighted by Crippen LogP contribution is -2.21. The predicted octanol–water partition coefficient (Wildman–Crippen LogP) is 1.22. The molecular weight excluding hydrogens is 321 g/mol. The topological polar surface area (TPSA) is 96.9 Å². The number of hydrogen-bond donors (Lipinski definition) is 2. The van der Waals surface area contributed by atoms with Gasteiger partial charge >= 0.3 is 0 Å². The maximum Gasteiger partial charge on any atom is 0.244 e. The van der Waals surface area contributed by atoms with Gasteiger partial charge in [0.1, 0.15) is 5.82 Å². The molecule has 7 nitrogen and oxygen atoms in total. The molecule has 1 aliphatic rings. The Balaban J connectivity index is 1.62. The second-order valence-electron chi connectivity index (χ2n) is 5.35. The molecule has 1 fully saturated rings. The highest BCUT2D eigenvalue weighted by atomic mass is 32.2. The molecule has 23 heavy (non-hydrogen) atoms. The minimum absolute atomic E-state index is 0.0923. The first-order valence-electron chi connectivity index (χ1n) is 7.16. The van der Waals surface area contributed by atoms with Gasteiger partial charge in [0.25, 0.3) is 0 Å². The number of hydrogen-bond acceptors (Lipinski definition) is 7. The van der Waals surface area contributed by atoms with E-state index in [0.717, 1.165) is 0 Å². The summed E-state index contributed by atoms with van der Waals surface area (Å²) < 4.78 is 36.5. The molecule has 0 amide bonds. The van der Waals surface area contributed by atoms with Crippen LogP contribution in [0.4, 0.5) is 16.2 Å². The Morgan fingerprint density at radius 2 is 2.13 bits per heavy atom. The molecule has 0 radical (unpaired) electrons. The molecule has 1 unspecified atom stereocenters. The van der Waals surface area contributed by atoms with Gasteiger partial charge in [-0.3, -0.25) is 0 Å². The predicted molar refractivity (Wildman–Crippen MR) is 84.2 cm³/mol. The normalized spacial score (nSPS) is 19.4. The molecule has 9 heteroatoms. The maximum absolute atomic E-state index is 13.5. The fraction of sp³-hybridized carbons (Fsp3) is 0.357. The fourth-order valence-electron chi connectivity index (χ4n) is 2.38. The van der Waals surface area contributed by atoms with Gasteiger partial charge in [0, 0.05) is 18.2 Å². The van der Waals surface area contributed by atoms with Crippen LogP contribution in [0.15, 0.2) is 30.5 Å². The van der Waals surface area contributed by atoms with Crippen LogP contribution < -0.4 is 10.6 Å². The first-order chi connectivity index (χ1) is 11.0. The van der Waals surface area contributed by atoms with Crippen LogP contribution in [0.2, 0.25) is 0 Å². The van der Waals surface area contributed by atoms with Crippen LogP contribution in [-0.4, -0.2) is 41.1 Å². The second-order valence-corrected chi connectivity index (χ2v) is 7.58. The van der Waals surface area contributed by atoms with Crippen molar-refractivity contribution in [3.63, 3.8) is 0 Å².